The number of carbonyl (C=O) groups excluding carboxylic acids is 1. The summed E-state index contributed by atoms with van der Waals surface area (Å²) in [5, 5.41) is 0. The third-order valence-electron chi connectivity index (χ3n) is 4.09. The van der Waals surface area contributed by atoms with Gasteiger partial charge >= 0.3 is 18.3 Å². The third-order valence-corrected chi connectivity index (χ3v) is 5.21. The van der Waals surface area contributed by atoms with Crippen molar-refractivity contribution in [2.24, 2.45) is 0 Å². The van der Waals surface area contributed by atoms with Gasteiger partial charge in [-0.3, -0.25) is 0 Å². The molecule has 0 saturated carbocycles. The molecule has 0 spiro atoms. The molecule has 0 radical (unpaired) electrons. The largest absolute Gasteiger partial charge is 0.465 e. The van der Waals surface area contributed by atoms with Gasteiger partial charge in [-0.2, -0.15) is 26.3 Å². The molecule has 2 rings (SSSR count). The van der Waals surface area contributed by atoms with Gasteiger partial charge in [-0.25, -0.2) is 4.79 Å². The van der Waals surface area contributed by atoms with Gasteiger partial charge in [0.2, 0.25) is 0 Å². The molecule has 0 aliphatic carbocycles. The first kappa shape index (κ1) is 24.6. The van der Waals surface area contributed by atoms with E-state index < -0.39 is 35.0 Å². The number of ether oxygens (including phenoxy) is 1. The van der Waals surface area contributed by atoms with Gasteiger partial charge in [0.05, 0.1) is 23.8 Å². The predicted molar refractivity (Wildman–Crippen MR) is 106 cm³/mol. The van der Waals surface area contributed by atoms with Crippen molar-refractivity contribution < 1.29 is 35.9 Å². The van der Waals surface area contributed by atoms with Crippen LogP contribution in [-0.2, 0) is 27.6 Å². The molecular formula is C21H19F6NO2S. The van der Waals surface area contributed by atoms with Crippen LogP contribution >= 0.6 is 11.8 Å². The highest BCUT2D eigenvalue weighted by Crippen LogP contribution is 2.39. The van der Waals surface area contributed by atoms with Gasteiger partial charge in [0.1, 0.15) is 0 Å². The summed E-state index contributed by atoms with van der Waals surface area (Å²) in [5.74, 6) is -1.04. The third kappa shape index (κ3) is 6.43. The van der Waals surface area contributed by atoms with Gasteiger partial charge in [-0.15, -0.1) is 11.8 Å². The number of hydrogen-bond acceptors (Lipinski definition) is 4. The number of nitrogens with zero attached hydrogens (tertiary/aromatic N) is 1. The first-order chi connectivity index (χ1) is 14.3. The van der Waals surface area contributed by atoms with E-state index >= 15 is 0 Å². The second-order valence-electron chi connectivity index (χ2n) is 6.65. The predicted octanol–water partition coefficient (Wildman–Crippen LogP) is 6.09. The van der Waals surface area contributed by atoms with E-state index in [2.05, 4.69) is 0 Å². The lowest BCUT2D eigenvalue weighted by Gasteiger charge is -2.17. The van der Waals surface area contributed by atoms with E-state index in [9.17, 15) is 31.1 Å². The second-order valence-corrected chi connectivity index (χ2v) is 7.67. The maximum absolute atomic E-state index is 13.3. The maximum Gasteiger partial charge on any atom is 0.416 e. The van der Waals surface area contributed by atoms with Crippen molar-refractivity contribution >= 4 is 23.3 Å². The highest BCUT2D eigenvalue weighted by atomic mass is 32.2. The van der Waals surface area contributed by atoms with E-state index in [1.807, 2.05) is 0 Å². The Morgan fingerprint density at radius 1 is 1.03 bits per heavy atom. The lowest BCUT2D eigenvalue weighted by molar-refractivity contribution is -0.141. The quantitative estimate of drug-likeness (QED) is 0.224. The van der Waals surface area contributed by atoms with E-state index in [-0.39, 0.29) is 11.3 Å². The van der Waals surface area contributed by atoms with E-state index in [1.165, 1.54) is 13.3 Å². The normalized spacial score (nSPS) is 12.6. The monoisotopic (exact) mass is 463 g/mol. The van der Waals surface area contributed by atoms with Crippen molar-refractivity contribution in [2.45, 2.75) is 23.0 Å². The summed E-state index contributed by atoms with van der Waals surface area (Å²) in [6.45, 7) is 0. The molecule has 3 nitrogen and oxygen atoms in total. The number of rotatable bonds is 6. The van der Waals surface area contributed by atoms with Crippen LogP contribution in [0.25, 0.3) is 5.57 Å². The SMILES string of the molecule is COC(=O)/C(=C/N(C)C)c1ccccc1SCc1cc(C(F)(F)F)ccc1C(F)(F)F. The fraction of sp³-hybridized carbons (Fsp3) is 0.286. The van der Waals surface area contributed by atoms with Crippen molar-refractivity contribution in [3.8, 4) is 0 Å². The molecule has 0 saturated heterocycles. The van der Waals surface area contributed by atoms with Gasteiger partial charge in [0.15, 0.2) is 0 Å². The Hall–Kier alpha value is -2.62. The number of alkyl halides is 6. The molecule has 0 heterocycles. The molecule has 0 atom stereocenters. The van der Waals surface area contributed by atoms with Crippen molar-refractivity contribution in [1.82, 2.24) is 4.90 Å². The highest BCUT2D eigenvalue weighted by Gasteiger charge is 2.37. The molecule has 31 heavy (non-hydrogen) atoms. The molecule has 0 aliphatic rings. The van der Waals surface area contributed by atoms with Gasteiger partial charge in [-0.05, 0) is 29.8 Å². The molecule has 0 unspecified atom stereocenters. The van der Waals surface area contributed by atoms with Gasteiger partial charge in [0.25, 0.3) is 0 Å². The minimum Gasteiger partial charge on any atom is -0.465 e. The Balaban J connectivity index is 2.47. The Morgan fingerprint density at radius 2 is 1.68 bits per heavy atom. The maximum atomic E-state index is 13.3. The number of carbonyl (C=O) groups is 1. The zero-order chi connectivity index (χ0) is 23.4. The van der Waals surface area contributed by atoms with Crippen LogP contribution in [0.5, 0.6) is 0 Å². The smallest absolute Gasteiger partial charge is 0.416 e. The lowest BCUT2D eigenvalue weighted by Crippen LogP contribution is -2.12. The summed E-state index contributed by atoms with van der Waals surface area (Å²) in [4.78, 5) is 14.2. The van der Waals surface area contributed by atoms with Gasteiger partial charge < -0.3 is 9.64 Å². The molecular weight excluding hydrogens is 444 g/mol. The lowest BCUT2D eigenvalue weighted by atomic mass is 10.0. The molecule has 2 aromatic carbocycles. The Labute approximate surface area is 179 Å². The van der Waals surface area contributed by atoms with Crippen molar-refractivity contribution in [3.63, 3.8) is 0 Å². The molecule has 10 heteroatoms. The number of esters is 1. The first-order valence-electron chi connectivity index (χ1n) is 8.80. The van der Waals surface area contributed by atoms with E-state index in [0.29, 0.717) is 28.7 Å². The zero-order valence-electron chi connectivity index (χ0n) is 16.8. The average Bonchev–Trinajstić information content (AvgIpc) is 2.68. The van der Waals surface area contributed by atoms with Crippen molar-refractivity contribution in [3.05, 3.63) is 70.9 Å². The minimum atomic E-state index is -4.80. The Kier molecular flexibility index (Phi) is 7.69. The van der Waals surface area contributed by atoms with Crippen LogP contribution in [0.3, 0.4) is 0 Å². The number of thioether (sulfide) groups is 1. The fourth-order valence-corrected chi connectivity index (χ4v) is 3.80. The number of halogens is 6. The van der Waals surface area contributed by atoms with Crippen LogP contribution < -0.4 is 0 Å². The summed E-state index contributed by atoms with van der Waals surface area (Å²) in [6.07, 6.45) is -8.08. The average molecular weight is 463 g/mol. The summed E-state index contributed by atoms with van der Waals surface area (Å²) in [6, 6.07) is 7.79. The molecule has 168 valence electrons. The zero-order valence-corrected chi connectivity index (χ0v) is 17.6. The van der Waals surface area contributed by atoms with Crippen molar-refractivity contribution in [1.29, 1.82) is 0 Å². The van der Waals surface area contributed by atoms with Gasteiger partial charge in [-0.1, -0.05) is 18.2 Å². The van der Waals surface area contributed by atoms with E-state index in [0.717, 1.165) is 11.8 Å². The van der Waals surface area contributed by atoms with Crippen LogP contribution in [0.2, 0.25) is 0 Å². The standard InChI is InChI=1S/C21H19F6NO2S/c1-28(2)11-16(19(29)30-3)15-6-4-5-7-18(15)31-12-13-10-14(20(22,23)24)8-9-17(13)21(25,26)27/h4-11H,12H2,1-3H3/b16-11+. The van der Waals surface area contributed by atoms with Crippen LogP contribution in [0.4, 0.5) is 26.3 Å². The second kappa shape index (κ2) is 9.67. The molecule has 0 aromatic heterocycles. The topological polar surface area (TPSA) is 29.5 Å². The molecule has 0 bridgehead atoms. The van der Waals surface area contributed by atoms with Crippen LogP contribution in [-0.4, -0.2) is 32.1 Å². The highest BCUT2D eigenvalue weighted by molar-refractivity contribution is 7.98. The molecule has 2 aromatic rings. The molecule has 0 amide bonds. The number of hydrogen-bond donors (Lipinski definition) is 0. The van der Waals surface area contributed by atoms with Gasteiger partial charge in [0, 0.05) is 36.5 Å². The van der Waals surface area contributed by atoms with E-state index in [1.54, 1.807) is 43.3 Å². The van der Waals surface area contributed by atoms with Crippen molar-refractivity contribution in [2.75, 3.05) is 21.2 Å². The van der Waals surface area contributed by atoms with Crippen LogP contribution in [0.1, 0.15) is 22.3 Å². The number of methoxy groups -OCH3 is 1. The summed E-state index contributed by atoms with van der Waals surface area (Å²) >= 11 is 0.899. The molecule has 0 fully saturated rings. The Morgan fingerprint density at radius 3 is 2.23 bits per heavy atom. The first-order valence-corrected chi connectivity index (χ1v) is 9.79. The van der Waals surface area contributed by atoms with Crippen LogP contribution in [0, 0.1) is 0 Å². The van der Waals surface area contributed by atoms with Crippen LogP contribution in [0.15, 0.2) is 53.6 Å². The number of benzene rings is 2. The molecule has 0 N–H and O–H groups in total. The minimum absolute atomic E-state index is 0.163. The molecule has 0 aliphatic heterocycles. The fourth-order valence-electron chi connectivity index (χ4n) is 2.74. The van der Waals surface area contributed by atoms with E-state index in [4.69, 9.17) is 4.74 Å². The summed E-state index contributed by atoms with van der Waals surface area (Å²) in [5.41, 5.74) is -2.24. The summed E-state index contributed by atoms with van der Waals surface area (Å²) in [7, 11) is 4.55. The Bertz CT molecular complexity index is 967. The summed E-state index contributed by atoms with van der Waals surface area (Å²) < 4.78 is 83.9.